The molecule has 0 N–H and O–H groups in total. The number of thiazole rings is 1. The number of rotatable bonds is 4. The Labute approximate surface area is 118 Å². The molecule has 0 aliphatic carbocycles. The predicted molar refractivity (Wildman–Crippen MR) is 75.7 cm³/mol. The van der Waals surface area contributed by atoms with Crippen LogP contribution in [-0.2, 0) is 12.4 Å². The van der Waals surface area contributed by atoms with E-state index in [1.165, 1.54) is 0 Å². The minimum absolute atomic E-state index is 0.448. The molecule has 0 saturated heterocycles. The van der Waals surface area contributed by atoms with Gasteiger partial charge in [-0.3, -0.25) is 0 Å². The lowest BCUT2D eigenvalue weighted by molar-refractivity contribution is 0.866. The number of anilines is 1. The van der Waals surface area contributed by atoms with E-state index in [1.807, 2.05) is 24.0 Å². The van der Waals surface area contributed by atoms with Crippen molar-refractivity contribution in [1.82, 2.24) is 9.97 Å². The Bertz CT molecular complexity index is 489. The van der Waals surface area contributed by atoms with Crippen LogP contribution in [0, 0.1) is 0 Å². The van der Waals surface area contributed by atoms with Gasteiger partial charge in [-0.05, 0) is 22.0 Å². The summed E-state index contributed by atoms with van der Waals surface area (Å²) in [5.74, 6) is 1.35. The highest BCUT2D eigenvalue weighted by molar-refractivity contribution is 9.10. The van der Waals surface area contributed by atoms with Crippen LogP contribution in [0.2, 0.25) is 0 Å². The van der Waals surface area contributed by atoms with Gasteiger partial charge in [0.15, 0.2) is 0 Å². The molecule has 0 amide bonds. The van der Waals surface area contributed by atoms with Crippen molar-refractivity contribution in [1.29, 1.82) is 0 Å². The van der Waals surface area contributed by atoms with Crippen molar-refractivity contribution in [3.63, 3.8) is 0 Å². The van der Waals surface area contributed by atoms with E-state index < -0.39 is 0 Å². The average Bonchev–Trinajstić information content (AvgIpc) is 2.81. The van der Waals surface area contributed by atoms with Crippen molar-refractivity contribution in [2.75, 3.05) is 11.9 Å². The molecule has 0 atom stereocenters. The van der Waals surface area contributed by atoms with Crippen LogP contribution in [-0.4, -0.2) is 17.0 Å². The largest absolute Gasteiger partial charge is 0.353 e. The molecule has 0 bridgehead atoms. The Kier molecular flexibility index (Phi) is 4.36. The van der Waals surface area contributed by atoms with Gasteiger partial charge in [0.1, 0.15) is 5.82 Å². The number of hydrogen-bond donors (Lipinski definition) is 0. The van der Waals surface area contributed by atoms with E-state index in [2.05, 4.69) is 30.8 Å². The van der Waals surface area contributed by atoms with Crippen LogP contribution >= 0.6 is 38.9 Å². The molecule has 0 spiro atoms. The number of halogens is 2. The first-order valence-corrected chi connectivity index (χ1v) is 7.26. The molecule has 3 nitrogen and oxygen atoms in total. The van der Waals surface area contributed by atoms with Gasteiger partial charge in [-0.2, -0.15) is 0 Å². The first-order valence-electron chi connectivity index (χ1n) is 4.99. The molecule has 2 aromatic heterocycles. The topological polar surface area (TPSA) is 29.0 Å². The smallest absolute Gasteiger partial charge is 0.133 e. The molecule has 6 heteroatoms. The second-order valence-electron chi connectivity index (χ2n) is 3.61. The van der Waals surface area contributed by atoms with Gasteiger partial charge in [0.25, 0.3) is 0 Å². The van der Waals surface area contributed by atoms with E-state index in [0.29, 0.717) is 5.88 Å². The summed E-state index contributed by atoms with van der Waals surface area (Å²) in [6.45, 7) is 0.738. The zero-order valence-electron chi connectivity index (χ0n) is 9.23. The van der Waals surface area contributed by atoms with Crippen molar-refractivity contribution in [2.24, 2.45) is 0 Å². The average molecular weight is 333 g/mol. The third-order valence-electron chi connectivity index (χ3n) is 2.30. The highest BCUT2D eigenvalue weighted by Gasteiger charge is 2.10. The molecule has 0 aliphatic heterocycles. The van der Waals surface area contributed by atoms with Crippen molar-refractivity contribution < 1.29 is 0 Å². The summed E-state index contributed by atoms with van der Waals surface area (Å²) < 4.78 is 0.943. The summed E-state index contributed by atoms with van der Waals surface area (Å²) >= 11 is 10.9. The molecule has 0 aliphatic rings. The summed E-state index contributed by atoms with van der Waals surface area (Å²) in [7, 11) is 1.99. The number of pyridine rings is 1. The summed E-state index contributed by atoms with van der Waals surface area (Å²) in [6, 6.07) is 1.99. The molecule has 0 radical (unpaired) electrons. The van der Waals surface area contributed by atoms with E-state index in [-0.39, 0.29) is 0 Å². The Morgan fingerprint density at radius 1 is 1.47 bits per heavy atom. The maximum atomic E-state index is 5.93. The normalized spacial score (nSPS) is 10.5. The Hall–Kier alpha value is -0.650. The summed E-state index contributed by atoms with van der Waals surface area (Å²) in [5.41, 5.74) is 3.89. The van der Waals surface area contributed by atoms with Crippen LogP contribution in [0.15, 0.2) is 27.6 Å². The van der Waals surface area contributed by atoms with Gasteiger partial charge in [-0.25, -0.2) is 9.97 Å². The van der Waals surface area contributed by atoms with Gasteiger partial charge >= 0.3 is 0 Å². The monoisotopic (exact) mass is 331 g/mol. The third kappa shape index (κ3) is 3.18. The maximum Gasteiger partial charge on any atom is 0.133 e. The van der Waals surface area contributed by atoms with Crippen LogP contribution in [0.1, 0.15) is 11.3 Å². The number of alkyl halides is 1. The highest BCUT2D eigenvalue weighted by atomic mass is 79.9. The van der Waals surface area contributed by atoms with Gasteiger partial charge in [0.05, 0.1) is 23.6 Å². The van der Waals surface area contributed by atoms with Crippen molar-refractivity contribution >= 4 is 44.7 Å². The Morgan fingerprint density at radius 2 is 2.29 bits per heavy atom. The second-order valence-corrected chi connectivity index (χ2v) is 5.51. The molecule has 17 heavy (non-hydrogen) atoms. The quantitative estimate of drug-likeness (QED) is 0.800. The lowest BCUT2D eigenvalue weighted by Crippen LogP contribution is -2.19. The van der Waals surface area contributed by atoms with Gasteiger partial charge in [-0.1, -0.05) is 0 Å². The molecule has 2 aromatic rings. The number of aromatic nitrogens is 2. The van der Waals surface area contributed by atoms with E-state index in [4.69, 9.17) is 11.6 Å². The SMILES string of the molecule is CN(Cc1cscn1)c1ncc(Br)cc1CCl. The zero-order valence-corrected chi connectivity index (χ0v) is 12.4. The minimum atomic E-state index is 0.448. The third-order valence-corrected chi connectivity index (χ3v) is 3.65. The van der Waals surface area contributed by atoms with Crippen LogP contribution < -0.4 is 4.90 Å². The van der Waals surface area contributed by atoms with Gasteiger partial charge in [-0.15, -0.1) is 22.9 Å². The molecule has 0 fully saturated rings. The molecular formula is C11H11BrClN3S. The predicted octanol–water partition coefficient (Wildman–Crippen LogP) is 3.68. The number of nitrogens with zero attached hydrogens (tertiary/aromatic N) is 3. The molecule has 0 unspecified atom stereocenters. The van der Waals surface area contributed by atoms with Crippen molar-refractivity contribution in [2.45, 2.75) is 12.4 Å². The minimum Gasteiger partial charge on any atom is -0.353 e. The Balaban J connectivity index is 2.21. The lowest BCUT2D eigenvalue weighted by atomic mass is 10.2. The number of hydrogen-bond acceptors (Lipinski definition) is 4. The fraction of sp³-hybridized carbons (Fsp3) is 0.273. The molecule has 0 saturated carbocycles. The molecule has 2 heterocycles. The van der Waals surface area contributed by atoms with E-state index in [9.17, 15) is 0 Å². The fourth-order valence-corrected chi connectivity index (χ4v) is 2.67. The molecular weight excluding hydrogens is 322 g/mol. The maximum absolute atomic E-state index is 5.93. The zero-order chi connectivity index (χ0) is 12.3. The molecule has 90 valence electrons. The fourth-order valence-electron chi connectivity index (χ4n) is 1.55. The molecule has 0 aromatic carbocycles. The standard InChI is InChI=1S/C11H11BrClN3S/c1-16(5-10-6-17-7-15-10)11-8(3-13)2-9(12)4-14-11/h2,4,6-7H,3,5H2,1H3. The van der Waals surface area contributed by atoms with E-state index in [1.54, 1.807) is 17.5 Å². The Morgan fingerprint density at radius 3 is 2.94 bits per heavy atom. The van der Waals surface area contributed by atoms with E-state index in [0.717, 1.165) is 28.1 Å². The highest BCUT2D eigenvalue weighted by Crippen LogP contribution is 2.23. The van der Waals surface area contributed by atoms with Crippen LogP contribution in [0.4, 0.5) is 5.82 Å². The van der Waals surface area contributed by atoms with Gasteiger partial charge in [0.2, 0.25) is 0 Å². The second kappa shape index (κ2) is 5.80. The van der Waals surface area contributed by atoms with E-state index >= 15 is 0 Å². The summed E-state index contributed by atoms with van der Waals surface area (Å²) in [6.07, 6.45) is 1.78. The van der Waals surface area contributed by atoms with Crippen LogP contribution in [0.25, 0.3) is 0 Å². The summed E-state index contributed by atoms with van der Waals surface area (Å²) in [5, 5.41) is 2.04. The lowest BCUT2D eigenvalue weighted by Gasteiger charge is -2.19. The van der Waals surface area contributed by atoms with Crippen molar-refractivity contribution in [3.8, 4) is 0 Å². The summed E-state index contributed by atoms with van der Waals surface area (Å²) in [4.78, 5) is 10.7. The van der Waals surface area contributed by atoms with Gasteiger partial charge in [0, 0.05) is 28.7 Å². The first-order chi connectivity index (χ1) is 8.20. The first kappa shape index (κ1) is 12.8. The van der Waals surface area contributed by atoms with Gasteiger partial charge < -0.3 is 4.90 Å². The van der Waals surface area contributed by atoms with Crippen LogP contribution in [0.5, 0.6) is 0 Å². The van der Waals surface area contributed by atoms with Crippen molar-refractivity contribution in [3.05, 3.63) is 38.9 Å². The van der Waals surface area contributed by atoms with Crippen LogP contribution in [0.3, 0.4) is 0 Å². The molecule has 2 rings (SSSR count).